The second kappa shape index (κ2) is 4.66. The van der Waals surface area contributed by atoms with Crippen molar-refractivity contribution >= 4 is 5.97 Å². The van der Waals surface area contributed by atoms with Gasteiger partial charge in [0.25, 0.3) is 0 Å². The van der Waals surface area contributed by atoms with Gasteiger partial charge in [0.1, 0.15) is 0 Å². The van der Waals surface area contributed by atoms with Crippen molar-refractivity contribution < 1.29 is 9.90 Å². The molecule has 2 rings (SSSR count). The molecule has 1 aliphatic rings. The topological polar surface area (TPSA) is 40.5 Å². The maximum atomic E-state index is 10.7. The monoisotopic (exact) mass is 219 g/mol. The fraction of sp³-hybridized carbons (Fsp3) is 0.462. The van der Waals surface area contributed by atoms with Crippen LogP contribution in [0.5, 0.6) is 0 Å². The van der Waals surface area contributed by atoms with Crippen molar-refractivity contribution in [3.8, 4) is 0 Å². The molecular weight excluding hydrogens is 202 g/mol. The maximum Gasteiger partial charge on any atom is 0.317 e. The first-order valence-corrected chi connectivity index (χ1v) is 5.68. The highest BCUT2D eigenvalue weighted by atomic mass is 16.4. The number of likely N-dealkylation sites (N-methyl/N-ethyl adjacent to an activating group) is 1. The van der Waals surface area contributed by atoms with E-state index >= 15 is 0 Å². The van der Waals surface area contributed by atoms with Crippen LogP contribution in [0.4, 0.5) is 0 Å². The lowest BCUT2D eigenvalue weighted by atomic mass is 9.87. The third kappa shape index (κ3) is 2.25. The zero-order valence-corrected chi connectivity index (χ0v) is 9.52. The molecule has 0 saturated carbocycles. The molecule has 0 heterocycles. The third-order valence-electron chi connectivity index (χ3n) is 3.25. The largest absolute Gasteiger partial charge is 0.480 e. The Morgan fingerprint density at radius 3 is 3.00 bits per heavy atom. The summed E-state index contributed by atoms with van der Waals surface area (Å²) in [6.45, 7) is 0.110. The summed E-state index contributed by atoms with van der Waals surface area (Å²) in [6, 6.07) is 8.62. The standard InChI is InChI=1S/C13H17NO2/c1-14(9-13(15)16)12-8-4-6-10-5-2-3-7-11(10)12/h2-3,5,7,12H,4,6,8-9H2,1H3,(H,15,16)/t12-/m0/s1. The molecule has 0 radical (unpaired) electrons. The second-order valence-corrected chi connectivity index (χ2v) is 4.42. The fourth-order valence-corrected chi connectivity index (χ4v) is 2.51. The molecule has 1 N–H and O–H groups in total. The summed E-state index contributed by atoms with van der Waals surface area (Å²) >= 11 is 0. The molecule has 0 amide bonds. The zero-order chi connectivity index (χ0) is 11.5. The predicted octanol–water partition coefficient (Wildman–Crippen LogP) is 2.08. The molecule has 86 valence electrons. The van der Waals surface area contributed by atoms with Gasteiger partial charge in [0, 0.05) is 6.04 Å². The van der Waals surface area contributed by atoms with Crippen LogP contribution in [-0.4, -0.2) is 29.6 Å². The molecule has 3 nitrogen and oxygen atoms in total. The molecule has 1 aromatic rings. The highest BCUT2D eigenvalue weighted by molar-refractivity contribution is 5.69. The summed E-state index contributed by atoms with van der Waals surface area (Å²) in [6.07, 6.45) is 3.32. The first kappa shape index (κ1) is 11.1. The minimum Gasteiger partial charge on any atom is -0.480 e. The SMILES string of the molecule is CN(CC(=O)O)[C@H]1CCCc2ccccc21. The Kier molecular flexibility index (Phi) is 3.25. The summed E-state index contributed by atoms with van der Waals surface area (Å²) in [7, 11) is 1.89. The Hall–Kier alpha value is -1.35. The molecule has 1 aromatic carbocycles. The molecule has 0 saturated heterocycles. The van der Waals surface area contributed by atoms with E-state index in [0.29, 0.717) is 0 Å². The van der Waals surface area contributed by atoms with Gasteiger partial charge < -0.3 is 5.11 Å². The van der Waals surface area contributed by atoms with Gasteiger partial charge >= 0.3 is 5.97 Å². The van der Waals surface area contributed by atoms with E-state index in [9.17, 15) is 4.79 Å². The number of carboxylic acids is 1. The van der Waals surface area contributed by atoms with Crippen molar-refractivity contribution in [3.05, 3.63) is 35.4 Å². The quantitative estimate of drug-likeness (QED) is 0.846. The fourth-order valence-electron chi connectivity index (χ4n) is 2.51. The minimum absolute atomic E-state index is 0.110. The summed E-state index contributed by atoms with van der Waals surface area (Å²) in [4.78, 5) is 12.7. The van der Waals surface area contributed by atoms with Crippen LogP contribution >= 0.6 is 0 Å². The lowest BCUT2D eigenvalue weighted by Gasteiger charge is -2.32. The first-order chi connectivity index (χ1) is 7.68. The molecule has 0 unspecified atom stereocenters. The Bertz CT molecular complexity index is 389. The smallest absolute Gasteiger partial charge is 0.317 e. The van der Waals surface area contributed by atoms with Crippen molar-refractivity contribution in [3.63, 3.8) is 0 Å². The van der Waals surface area contributed by atoms with Crippen LogP contribution in [0.2, 0.25) is 0 Å². The Labute approximate surface area is 95.7 Å². The summed E-state index contributed by atoms with van der Waals surface area (Å²) < 4.78 is 0. The second-order valence-electron chi connectivity index (χ2n) is 4.42. The van der Waals surface area contributed by atoms with Crippen LogP contribution in [0.15, 0.2) is 24.3 Å². The van der Waals surface area contributed by atoms with E-state index < -0.39 is 5.97 Å². The van der Waals surface area contributed by atoms with Gasteiger partial charge in [0.05, 0.1) is 6.54 Å². The van der Waals surface area contributed by atoms with Crippen LogP contribution in [0.25, 0.3) is 0 Å². The van der Waals surface area contributed by atoms with Gasteiger partial charge in [-0.2, -0.15) is 0 Å². The predicted molar refractivity (Wildman–Crippen MR) is 62.4 cm³/mol. The van der Waals surface area contributed by atoms with Gasteiger partial charge in [0.2, 0.25) is 0 Å². The summed E-state index contributed by atoms with van der Waals surface area (Å²) in [5.41, 5.74) is 2.67. The number of benzene rings is 1. The number of fused-ring (bicyclic) bond motifs is 1. The average molecular weight is 219 g/mol. The van der Waals surface area contributed by atoms with Crippen molar-refractivity contribution in [1.82, 2.24) is 4.90 Å². The molecule has 0 aliphatic heterocycles. The highest BCUT2D eigenvalue weighted by Gasteiger charge is 2.24. The van der Waals surface area contributed by atoms with Gasteiger partial charge in [0.15, 0.2) is 0 Å². The number of hydrogen-bond acceptors (Lipinski definition) is 2. The van der Waals surface area contributed by atoms with Crippen molar-refractivity contribution in [2.75, 3.05) is 13.6 Å². The van der Waals surface area contributed by atoms with Gasteiger partial charge in [-0.05, 0) is 37.4 Å². The van der Waals surface area contributed by atoms with Crippen molar-refractivity contribution in [2.24, 2.45) is 0 Å². The Balaban J connectivity index is 2.21. The highest BCUT2D eigenvalue weighted by Crippen LogP contribution is 2.33. The van der Waals surface area contributed by atoms with Gasteiger partial charge in [-0.3, -0.25) is 9.69 Å². The number of carbonyl (C=O) groups is 1. The first-order valence-electron chi connectivity index (χ1n) is 5.68. The van der Waals surface area contributed by atoms with E-state index in [2.05, 4.69) is 18.2 Å². The number of rotatable bonds is 3. The molecule has 16 heavy (non-hydrogen) atoms. The molecule has 0 aromatic heterocycles. The van der Waals surface area contributed by atoms with Crippen LogP contribution in [0, 0.1) is 0 Å². The van der Waals surface area contributed by atoms with Crippen LogP contribution in [-0.2, 0) is 11.2 Å². The maximum absolute atomic E-state index is 10.7. The van der Waals surface area contributed by atoms with E-state index in [1.807, 2.05) is 18.0 Å². The minimum atomic E-state index is -0.759. The normalized spacial score (nSPS) is 19.5. The van der Waals surface area contributed by atoms with Crippen LogP contribution < -0.4 is 0 Å². The number of aryl methyl sites for hydroxylation is 1. The number of aliphatic carboxylic acids is 1. The Morgan fingerprint density at radius 1 is 1.50 bits per heavy atom. The van der Waals surface area contributed by atoms with E-state index in [4.69, 9.17) is 5.11 Å². The molecule has 0 bridgehead atoms. The summed E-state index contributed by atoms with van der Waals surface area (Å²) in [5, 5.41) is 8.82. The molecule has 0 spiro atoms. The van der Waals surface area contributed by atoms with E-state index in [0.717, 1.165) is 19.3 Å². The molecule has 0 fully saturated rings. The van der Waals surface area contributed by atoms with Crippen LogP contribution in [0.1, 0.15) is 30.0 Å². The molecule has 1 aliphatic carbocycles. The van der Waals surface area contributed by atoms with Gasteiger partial charge in [-0.25, -0.2) is 0 Å². The number of nitrogens with zero attached hydrogens (tertiary/aromatic N) is 1. The molecule has 1 atom stereocenters. The van der Waals surface area contributed by atoms with E-state index in [-0.39, 0.29) is 12.6 Å². The van der Waals surface area contributed by atoms with E-state index in [1.165, 1.54) is 11.1 Å². The lowest BCUT2D eigenvalue weighted by molar-refractivity contribution is -0.138. The number of hydrogen-bond donors (Lipinski definition) is 1. The third-order valence-corrected chi connectivity index (χ3v) is 3.25. The van der Waals surface area contributed by atoms with Crippen LogP contribution in [0.3, 0.4) is 0 Å². The Morgan fingerprint density at radius 2 is 2.25 bits per heavy atom. The number of carboxylic acid groups (broad SMARTS) is 1. The van der Waals surface area contributed by atoms with E-state index in [1.54, 1.807) is 0 Å². The average Bonchev–Trinajstić information content (AvgIpc) is 2.27. The molecular formula is C13H17NO2. The summed E-state index contributed by atoms with van der Waals surface area (Å²) in [5.74, 6) is -0.759. The van der Waals surface area contributed by atoms with Gasteiger partial charge in [-0.1, -0.05) is 24.3 Å². The van der Waals surface area contributed by atoms with Crippen molar-refractivity contribution in [1.29, 1.82) is 0 Å². The lowest BCUT2D eigenvalue weighted by Crippen LogP contribution is -2.32. The van der Waals surface area contributed by atoms with Crippen molar-refractivity contribution in [2.45, 2.75) is 25.3 Å². The molecule has 3 heteroatoms. The zero-order valence-electron chi connectivity index (χ0n) is 9.52. The van der Waals surface area contributed by atoms with Gasteiger partial charge in [-0.15, -0.1) is 0 Å².